The fourth-order valence-corrected chi connectivity index (χ4v) is 1.99. The van der Waals surface area contributed by atoms with Crippen LogP contribution < -0.4 is 11.2 Å². The molecular weight excluding hydrogens is 258 g/mol. The molecule has 0 spiro atoms. The molecule has 0 fully saturated rings. The molecule has 0 bridgehead atoms. The lowest BCUT2D eigenvalue weighted by Crippen LogP contribution is -2.26. The first kappa shape index (κ1) is 13.4. The predicted octanol–water partition coefficient (Wildman–Crippen LogP) is 1.74. The number of hydrogen-bond donors (Lipinski definition) is 1. The van der Waals surface area contributed by atoms with Gasteiger partial charge in [-0.25, -0.2) is 4.68 Å². The quantitative estimate of drug-likeness (QED) is 0.865. The maximum Gasteiger partial charge on any atom is 0.210 e. The first-order chi connectivity index (χ1) is 9.02. The van der Waals surface area contributed by atoms with Crippen LogP contribution in [0.2, 0.25) is 0 Å². The van der Waals surface area contributed by atoms with Crippen LogP contribution in [0, 0.1) is 6.92 Å². The maximum absolute atomic E-state index is 11.7. The molecule has 1 aromatic carbocycles. The van der Waals surface area contributed by atoms with E-state index in [4.69, 9.17) is 18.0 Å². The molecule has 2 aromatic rings. The molecule has 19 heavy (non-hydrogen) atoms. The second-order valence-corrected chi connectivity index (χ2v) is 4.73. The summed E-state index contributed by atoms with van der Waals surface area (Å²) in [5.41, 5.74) is 8.27. The minimum absolute atomic E-state index is 0.0175. The lowest BCUT2D eigenvalue weighted by molar-refractivity contribution is 0.793. The van der Waals surface area contributed by atoms with E-state index in [1.165, 1.54) is 11.6 Å². The first-order valence-corrected chi connectivity index (χ1v) is 6.44. The van der Waals surface area contributed by atoms with Crippen molar-refractivity contribution in [2.75, 3.05) is 0 Å². The van der Waals surface area contributed by atoms with E-state index in [0.29, 0.717) is 0 Å². The lowest BCUT2D eigenvalue weighted by Gasteiger charge is -2.11. The summed E-state index contributed by atoms with van der Waals surface area (Å²) in [5, 5.41) is 4.24. The van der Waals surface area contributed by atoms with Crippen molar-refractivity contribution in [3.63, 3.8) is 0 Å². The second-order valence-electron chi connectivity index (χ2n) is 4.29. The Labute approximate surface area is 116 Å². The maximum atomic E-state index is 11.7. The van der Waals surface area contributed by atoms with E-state index in [1.54, 1.807) is 4.68 Å². The van der Waals surface area contributed by atoms with Crippen LogP contribution in [0.3, 0.4) is 0 Å². The standard InChI is InChI=1S/C14H15N3OS/c1-3-10-4-6-11(7-5-10)17-9(2)8-12(18)13(16-17)14(15)19/h4-8H,3H2,1-2H3,(H2,15,19). The van der Waals surface area contributed by atoms with E-state index in [2.05, 4.69) is 12.0 Å². The van der Waals surface area contributed by atoms with Crippen LogP contribution in [-0.4, -0.2) is 14.8 Å². The Morgan fingerprint density at radius 3 is 2.53 bits per heavy atom. The number of nitrogens with two attached hydrogens (primary N) is 1. The Morgan fingerprint density at radius 2 is 2.00 bits per heavy atom. The topological polar surface area (TPSA) is 60.9 Å². The number of hydrogen-bond acceptors (Lipinski definition) is 3. The van der Waals surface area contributed by atoms with Gasteiger partial charge in [0.25, 0.3) is 0 Å². The van der Waals surface area contributed by atoms with Gasteiger partial charge in [-0.3, -0.25) is 4.79 Å². The largest absolute Gasteiger partial charge is 0.388 e. The van der Waals surface area contributed by atoms with Gasteiger partial charge in [-0.2, -0.15) is 5.10 Å². The monoisotopic (exact) mass is 273 g/mol. The molecule has 0 aliphatic rings. The summed E-state index contributed by atoms with van der Waals surface area (Å²) in [4.78, 5) is 11.7. The summed E-state index contributed by atoms with van der Waals surface area (Å²) in [6, 6.07) is 9.50. The third kappa shape index (κ3) is 2.71. The number of aryl methyl sites for hydroxylation is 2. The third-order valence-electron chi connectivity index (χ3n) is 2.93. The molecule has 2 N–H and O–H groups in total. The summed E-state index contributed by atoms with van der Waals surface area (Å²) in [6.07, 6.45) is 0.981. The zero-order valence-corrected chi connectivity index (χ0v) is 11.7. The van der Waals surface area contributed by atoms with Gasteiger partial charge in [0.15, 0.2) is 5.69 Å². The van der Waals surface area contributed by atoms with Crippen LogP contribution in [0.15, 0.2) is 35.1 Å². The molecule has 0 unspecified atom stereocenters. The Bertz CT molecular complexity index is 674. The molecular formula is C14H15N3OS. The normalized spacial score (nSPS) is 10.4. The van der Waals surface area contributed by atoms with E-state index in [-0.39, 0.29) is 16.1 Å². The summed E-state index contributed by atoms with van der Waals surface area (Å²) < 4.78 is 1.68. The van der Waals surface area contributed by atoms with Crippen LogP contribution in [0.25, 0.3) is 5.69 Å². The van der Waals surface area contributed by atoms with E-state index >= 15 is 0 Å². The molecule has 98 valence electrons. The van der Waals surface area contributed by atoms with E-state index in [9.17, 15) is 4.79 Å². The van der Waals surface area contributed by atoms with Crippen molar-refractivity contribution in [2.45, 2.75) is 20.3 Å². The van der Waals surface area contributed by atoms with Crippen LogP contribution in [-0.2, 0) is 6.42 Å². The summed E-state index contributed by atoms with van der Waals surface area (Å²) in [7, 11) is 0. The minimum Gasteiger partial charge on any atom is -0.388 e. The lowest BCUT2D eigenvalue weighted by atomic mass is 10.1. The average molecular weight is 273 g/mol. The van der Waals surface area contributed by atoms with Crippen LogP contribution in [0.4, 0.5) is 0 Å². The van der Waals surface area contributed by atoms with Gasteiger partial charge in [0, 0.05) is 11.8 Å². The number of thiocarbonyl (C=S) groups is 1. The Hall–Kier alpha value is -2.01. The summed E-state index contributed by atoms with van der Waals surface area (Å²) >= 11 is 4.84. The van der Waals surface area contributed by atoms with Crippen molar-refractivity contribution in [3.05, 3.63) is 57.5 Å². The van der Waals surface area contributed by atoms with E-state index in [1.807, 2.05) is 31.2 Å². The Morgan fingerprint density at radius 1 is 1.37 bits per heavy atom. The van der Waals surface area contributed by atoms with Gasteiger partial charge in [-0.05, 0) is 31.0 Å². The van der Waals surface area contributed by atoms with Gasteiger partial charge in [0.1, 0.15) is 4.99 Å². The highest BCUT2D eigenvalue weighted by Gasteiger charge is 2.09. The molecule has 0 amide bonds. The van der Waals surface area contributed by atoms with Crippen LogP contribution in [0.1, 0.15) is 23.9 Å². The highest BCUT2D eigenvalue weighted by molar-refractivity contribution is 7.80. The van der Waals surface area contributed by atoms with Crippen molar-refractivity contribution >= 4 is 17.2 Å². The van der Waals surface area contributed by atoms with Crippen molar-refractivity contribution in [1.29, 1.82) is 0 Å². The Balaban J connectivity index is 2.57. The van der Waals surface area contributed by atoms with Crippen molar-refractivity contribution < 1.29 is 0 Å². The molecule has 2 rings (SSSR count). The minimum atomic E-state index is -0.244. The van der Waals surface area contributed by atoms with Gasteiger partial charge in [0.05, 0.1) is 5.69 Å². The smallest absolute Gasteiger partial charge is 0.210 e. The molecule has 5 heteroatoms. The molecule has 4 nitrogen and oxygen atoms in total. The molecule has 0 aliphatic heterocycles. The van der Waals surface area contributed by atoms with Crippen LogP contribution in [0.5, 0.6) is 0 Å². The first-order valence-electron chi connectivity index (χ1n) is 6.03. The fraction of sp³-hybridized carbons (Fsp3) is 0.214. The SMILES string of the molecule is CCc1ccc(-n2nc(C(N)=S)c(=O)cc2C)cc1. The van der Waals surface area contributed by atoms with Crippen LogP contribution >= 0.6 is 12.2 Å². The van der Waals surface area contributed by atoms with Crippen molar-refractivity contribution in [3.8, 4) is 5.69 Å². The number of nitrogens with zero attached hydrogens (tertiary/aromatic N) is 2. The molecule has 1 heterocycles. The zero-order valence-electron chi connectivity index (χ0n) is 10.9. The van der Waals surface area contributed by atoms with Gasteiger partial charge >= 0.3 is 0 Å². The number of benzene rings is 1. The van der Waals surface area contributed by atoms with Gasteiger partial charge in [-0.1, -0.05) is 31.3 Å². The Kier molecular flexibility index (Phi) is 3.76. The fourth-order valence-electron chi connectivity index (χ4n) is 1.85. The number of rotatable bonds is 3. The van der Waals surface area contributed by atoms with E-state index in [0.717, 1.165) is 17.8 Å². The van der Waals surface area contributed by atoms with Crippen molar-refractivity contribution in [1.82, 2.24) is 9.78 Å². The second kappa shape index (κ2) is 5.32. The summed E-state index contributed by atoms with van der Waals surface area (Å²) in [5.74, 6) is 0. The average Bonchev–Trinajstić information content (AvgIpc) is 2.38. The molecule has 0 saturated carbocycles. The molecule has 1 aromatic heterocycles. The molecule has 0 saturated heterocycles. The molecule has 0 radical (unpaired) electrons. The number of aromatic nitrogens is 2. The highest BCUT2D eigenvalue weighted by atomic mass is 32.1. The van der Waals surface area contributed by atoms with Gasteiger partial charge in [-0.15, -0.1) is 0 Å². The van der Waals surface area contributed by atoms with Gasteiger partial charge < -0.3 is 5.73 Å². The predicted molar refractivity (Wildman–Crippen MR) is 79.8 cm³/mol. The highest BCUT2D eigenvalue weighted by Crippen LogP contribution is 2.11. The van der Waals surface area contributed by atoms with Gasteiger partial charge in [0.2, 0.25) is 5.43 Å². The molecule has 0 atom stereocenters. The van der Waals surface area contributed by atoms with Crippen molar-refractivity contribution in [2.24, 2.45) is 5.73 Å². The third-order valence-corrected chi connectivity index (χ3v) is 3.12. The molecule has 0 aliphatic carbocycles. The zero-order chi connectivity index (χ0) is 14.0. The van der Waals surface area contributed by atoms with E-state index < -0.39 is 0 Å². The summed E-state index contributed by atoms with van der Waals surface area (Å²) in [6.45, 7) is 3.92.